The zero-order valence-corrected chi connectivity index (χ0v) is 15.6. The Bertz CT molecular complexity index is 1090. The van der Waals surface area contributed by atoms with Crippen LogP contribution in [-0.2, 0) is 22.7 Å². The van der Waals surface area contributed by atoms with Gasteiger partial charge in [-0.05, 0) is 24.2 Å². The molecule has 6 nitrogen and oxygen atoms in total. The number of imide groups is 1. The lowest BCUT2D eigenvalue weighted by Crippen LogP contribution is -2.39. The van der Waals surface area contributed by atoms with Gasteiger partial charge in [0.25, 0.3) is 0 Å². The number of amides is 2. The van der Waals surface area contributed by atoms with Crippen molar-refractivity contribution in [3.8, 4) is 0 Å². The third-order valence-corrected chi connectivity index (χ3v) is 5.19. The average Bonchev–Trinajstić information content (AvgIpc) is 2.97. The Labute approximate surface area is 162 Å². The number of hydrogen-bond donors (Lipinski definition) is 1. The summed E-state index contributed by atoms with van der Waals surface area (Å²) in [4.78, 5) is 43.3. The van der Waals surface area contributed by atoms with Crippen molar-refractivity contribution >= 4 is 22.7 Å². The predicted octanol–water partition coefficient (Wildman–Crippen LogP) is 2.29. The number of rotatable bonds is 5. The summed E-state index contributed by atoms with van der Waals surface area (Å²) >= 11 is 0. The van der Waals surface area contributed by atoms with Crippen LogP contribution in [0.3, 0.4) is 0 Å². The smallest absolute Gasteiger partial charge is 0.248 e. The lowest BCUT2D eigenvalue weighted by molar-refractivity contribution is -0.140. The Kier molecular flexibility index (Phi) is 4.79. The quantitative estimate of drug-likeness (QED) is 0.695. The van der Waals surface area contributed by atoms with Crippen molar-refractivity contribution in [2.24, 2.45) is 0 Å². The molecule has 1 aliphatic heterocycles. The average molecular weight is 375 g/mol. The zero-order valence-electron chi connectivity index (χ0n) is 15.6. The summed E-state index contributed by atoms with van der Waals surface area (Å²) in [5, 5.41) is 0.937. The largest absolute Gasteiger partial charge is 0.322 e. The van der Waals surface area contributed by atoms with E-state index < -0.39 is 6.04 Å². The fraction of sp³-hybridized carbons (Fsp3) is 0.227. The molecule has 2 amide bonds. The Morgan fingerprint density at radius 3 is 2.54 bits per heavy atom. The number of hydrogen-bond acceptors (Lipinski definition) is 4. The second-order valence-electron chi connectivity index (χ2n) is 7.14. The highest BCUT2D eigenvalue weighted by molar-refractivity contribution is 6.05. The Hall–Kier alpha value is -3.25. The van der Waals surface area contributed by atoms with Gasteiger partial charge in [-0.2, -0.15) is 0 Å². The van der Waals surface area contributed by atoms with E-state index in [-0.39, 0.29) is 30.3 Å². The second kappa shape index (κ2) is 7.40. The molecule has 28 heavy (non-hydrogen) atoms. The number of aromatic amines is 1. The Morgan fingerprint density at radius 1 is 1.04 bits per heavy atom. The highest BCUT2D eigenvalue weighted by atomic mass is 16.2. The molecule has 1 unspecified atom stereocenters. The number of para-hydroxylation sites is 1. The number of likely N-dealkylation sites (tertiary alicyclic amines) is 1. The van der Waals surface area contributed by atoms with E-state index in [9.17, 15) is 14.4 Å². The molecule has 1 aromatic heterocycles. The van der Waals surface area contributed by atoms with Gasteiger partial charge in [-0.15, -0.1) is 0 Å². The van der Waals surface area contributed by atoms with E-state index in [1.54, 1.807) is 6.07 Å². The molecule has 2 heterocycles. The van der Waals surface area contributed by atoms with E-state index in [0.717, 1.165) is 22.0 Å². The summed E-state index contributed by atoms with van der Waals surface area (Å²) in [7, 11) is 1.82. The minimum Gasteiger partial charge on any atom is -0.322 e. The summed E-state index contributed by atoms with van der Waals surface area (Å²) in [6.07, 6.45) is 0.156. The number of carbonyl (C=O) groups is 2. The third kappa shape index (κ3) is 3.46. The molecule has 0 radical (unpaired) electrons. The Balaban J connectivity index is 1.54. The fourth-order valence-electron chi connectivity index (χ4n) is 3.73. The normalized spacial score (nSPS) is 17.1. The van der Waals surface area contributed by atoms with Crippen LogP contribution in [0.5, 0.6) is 0 Å². The number of benzene rings is 2. The zero-order chi connectivity index (χ0) is 19.7. The third-order valence-electron chi connectivity index (χ3n) is 5.19. The first kappa shape index (κ1) is 18.1. The van der Waals surface area contributed by atoms with Crippen LogP contribution in [0.1, 0.15) is 17.5 Å². The van der Waals surface area contributed by atoms with Gasteiger partial charge in [0.2, 0.25) is 17.4 Å². The number of H-pyrrole nitrogens is 1. The van der Waals surface area contributed by atoms with Gasteiger partial charge < -0.3 is 4.98 Å². The second-order valence-corrected chi connectivity index (χ2v) is 7.14. The minimum absolute atomic E-state index is 0.156. The van der Waals surface area contributed by atoms with E-state index in [4.69, 9.17) is 0 Å². The monoisotopic (exact) mass is 375 g/mol. The number of nitrogens with zero attached hydrogens (tertiary/aromatic N) is 2. The highest BCUT2D eigenvalue weighted by Crippen LogP contribution is 2.23. The SMILES string of the molecule is CN(Cc1cc(=O)[nH]c2ccccc12)C1CC(=O)N(Cc2ccccc2)C1=O. The fourth-order valence-corrected chi connectivity index (χ4v) is 3.73. The maximum Gasteiger partial charge on any atom is 0.248 e. The lowest BCUT2D eigenvalue weighted by atomic mass is 10.1. The first-order chi connectivity index (χ1) is 13.5. The van der Waals surface area contributed by atoms with Crippen LogP contribution >= 0.6 is 0 Å². The standard InChI is InChI=1S/C22H21N3O3/c1-24(14-16-11-20(26)23-18-10-6-5-9-17(16)18)19-12-21(27)25(22(19)28)13-15-7-3-2-4-8-15/h2-11,19H,12-14H2,1H3,(H,23,26). The maximum absolute atomic E-state index is 12.9. The van der Waals surface area contributed by atoms with Gasteiger partial charge in [0.15, 0.2) is 0 Å². The van der Waals surface area contributed by atoms with Crippen LogP contribution in [0, 0.1) is 0 Å². The van der Waals surface area contributed by atoms with Crippen molar-refractivity contribution in [3.05, 3.63) is 82.1 Å². The summed E-state index contributed by atoms with van der Waals surface area (Å²) in [5.74, 6) is -0.355. The van der Waals surface area contributed by atoms with E-state index in [0.29, 0.717) is 6.54 Å². The molecule has 0 saturated carbocycles. The molecule has 0 aliphatic carbocycles. The van der Waals surface area contributed by atoms with Crippen molar-refractivity contribution in [2.45, 2.75) is 25.6 Å². The van der Waals surface area contributed by atoms with Gasteiger partial charge in [0.1, 0.15) is 0 Å². The first-order valence-electron chi connectivity index (χ1n) is 9.22. The molecule has 1 fully saturated rings. The number of aromatic nitrogens is 1. The molecule has 1 saturated heterocycles. The number of likely N-dealkylation sites (N-methyl/N-ethyl adjacent to an activating group) is 1. The molecule has 1 aliphatic rings. The molecule has 1 N–H and O–H groups in total. The predicted molar refractivity (Wildman–Crippen MR) is 106 cm³/mol. The van der Waals surface area contributed by atoms with Crippen LogP contribution in [0.2, 0.25) is 0 Å². The number of carbonyl (C=O) groups excluding carboxylic acids is 2. The van der Waals surface area contributed by atoms with Crippen molar-refractivity contribution in [1.82, 2.24) is 14.8 Å². The molecule has 142 valence electrons. The van der Waals surface area contributed by atoms with Crippen molar-refractivity contribution in [2.75, 3.05) is 7.05 Å². The number of nitrogens with one attached hydrogen (secondary N) is 1. The molecule has 6 heteroatoms. The maximum atomic E-state index is 12.9. The van der Waals surface area contributed by atoms with Gasteiger partial charge >= 0.3 is 0 Å². The number of pyridine rings is 1. The molecule has 0 bridgehead atoms. The van der Waals surface area contributed by atoms with Crippen molar-refractivity contribution in [3.63, 3.8) is 0 Å². The molecule has 2 aromatic carbocycles. The van der Waals surface area contributed by atoms with Crippen molar-refractivity contribution in [1.29, 1.82) is 0 Å². The van der Waals surface area contributed by atoms with Gasteiger partial charge in [0, 0.05) is 23.5 Å². The summed E-state index contributed by atoms with van der Waals surface area (Å²) < 4.78 is 0. The molecule has 1 atom stereocenters. The van der Waals surface area contributed by atoms with E-state index in [1.807, 2.05) is 66.5 Å². The summed E-state index contributed by atoms with van der Waals surface area (Å²) in [5.41, 5.74) is 2.34. The van der Waals surface area contributed by atoms with E-state index >= 15 is 0 Å². The topological polar surface area (TPSA) is 73.5 Å². The van der Waals surface area contributed by atoms with Gasteiger partial charge in [-0.25, -0.2) is 0 Å². The van der Waals surface area contributed by atoms with Gasteiger partial charge in [-0.3, -0.25) is 24.2 Å². The molecule has 3 aromatic rings. The summed E-state index contributed by atoms with van der Waals surface area (Å²) in [6.45, 7) is 0.698. The van der Waals surface area contributed by atoms with Crippen LogP contribution < -0.4 is 5.56 Å². The van der Waals surface area contributed by atoms with Crippen LogP contribution in [0.25, 0.3) is 10.9 Å². The Morgan fingerprint density at radius 2 is 1.75 bits per heavy atom. The van der Waals surface area contributed by atoms with E-state index in [2.05, 4.69) is 4.98 Å². The molecule has 0 spiro atoms. The molecular formula is C22H21N3O3. The number of fused-ring (bicyclic) bond motifs is 1. The van der Waals surface area contributed by atoms with Crippen LogP contribution in [-0.4, -0.2) is 39.7 Å². The van der Waals surface area contributed by atoms with Crippen molar-refractivity contribution < 1.29 is 9.59 Å². The van der Waals surface area contributed by atoms with E-state index in [1.165, 1.54) is 4.90 Å². The summed E-state index contributed by atoms with van der Waals surface area (Å²) in [6, 6.07) is 18.1. The van der Waals surface area contributed by atoms with Gasteiger partial charge in [0.05, 0.1) is 19.0 Å². The molecular weight excluding hydrogens is 354 g/mol. The lowest BCUT2D eigenvalue weighted by Gasteiger charge is -2.23. The molecule has 4 rings (SSSR count). The highest BCUT2D eigenvalue weighted by Gasteiger charge is 2.40. The first-order valence-corrected chi connectivity index (χ1v) is 9.22. The minimum atomic E-state index is -0.519. The van der Waals surface area contributed by atoms with Crippen LogP contribution in [0.4, 0.5) is 0 Å². The van der Waals surface area contributed by atoms with Crippen LogP contribution in [0.15, 0.2) is 65.5 Å². The van der Waals surface area contributed by atoms with Gasteiger partial charge in [-0.1, -0.05) is 48.5 Å².